The summed E-state index contributed by atoms with van der Waals surface area (Å²) < 4.78 is 27.2. The Labute approximate surface area is 97.2 Å². The molecular formula is C9H12O3S2Si. The van der Waals surface area contributed by atoms with E-state index in [4.69, 9.17) is 0 Å². The first-order chi connectivity index (χ1) is 7.10. The average Bonchev–Trinajstić information content (AvgIpc) is 2.27. The van der Waals surface area contributed by atoms with Crippen molar-refractivity contribution in [1.29, 1.82) is 0 Å². The van der Waals surface area contributed by atoms with Gasteiger partial charge in [-0.15, -0.1) is 18.3 Å². The molecule has 0 bridgehead atoms. The summed E-state index contributed by atoms with van der Waals surface area (Å²) in [7, 11) is -3.33. The summed E-state index contributed by atoms with van der Waals surface area (Å²) in [6, 6.07) is 6.64. The van der Waals surface area contributed by atoms with Crippen molar-refractivity contribution < 1.29 is 12.3 Å². The molecule has 0 spiro atoms. The number of benzene rings is 1. The summed E-state index contributed by atoms with van der Waals surface area (Å²) in [5.41, 5.74) is 0. The predicted octanol–water partition coefficient (Wildman–Crippen LogP) is 0.950. The zero-order chi connectivity index (χ0) is 11.3. The third-order valence-electron chi connectivity index (χ3n) is 1.70. The monoisotopic (exact) mass is 260 g/mol. The van der Waals surface area contributed by atoms with E-state index in [-0.39, 0.29) is 15.4 Å². The molecule has 0 atom stereocenters. The Balaban J connectivity index is 2.85. The molecule has 0 heterocycles. The van der Waals surface area contributed by atoms with E-state index in [1.165, 1.54) is 0 Å². The third-order valence-corrected chi connectivity index (χ3v) is 5.31. The van der Waals surface area contributed by atoms with Gasteiger partial charge in [0, 0.05) is 10.6 Å². The van der Waals surface area contributed by atoms with Gasteiger partial charge in [0.1, 0.15) is 0 Å². The van der Waals surface area contributed by atoms with Crippen molar-refractivity contribution in [1.82, 2.24) is 0 Å². The van der Waals surface area contributed by atoms with Crippen LogP contribution in [0, 0.1) is 0 Å². The van der Waals surface area contributed by atoms with E-state index in [1.54, 1.807) is 42.1 Å². The maximum Gasteiger partial charge on any atom is 0.286 e. The van der Waals surface area contributed by atoms with Gasteiger partial charge < -0.3 is 3.87 Å². The molecule has 0 radical (unpaired) electrons. The average molecular weight is 260 g/mol. The highest BCUT2D eigenvalue weighted by Crippen LogP contribution is 2.20. The molecule has 0 aliphatic heterocycles. The van der Waals surface area contributed by atoms with Crippen molar-refractivity contribution in [2.75, 3.05) is 5.75 Å². The van der Waals surface area contributed by atoms with Gasteiger partial charge >= 0.3 is 0 Å². The van der Waals surface area contributed by atoms with E-state index in [2.05, 4.69) is 10.5 Å². The van der Waals surface area contributed by atoms with Crippen molar-refractivity contribution in [3.05, 3.63) is 36.9 Å². The topological polar surface area (TPSA) is 43.4 Å². The summed E-state index contributed by atoms with van der Waals surface area (Å²) in [5, 5.41) is 0. The molecule has 6 heteroatoms. The summed E-state index contributed by atoms with van der Waals surface area (Å²) in [6.07, 6.45) is 1.80. The quantitative estimate of drug-likeness (QED) is 0.449. The molecule has 3 nitrogen and oxygen atoms in total. The largest absolute Gasteiger partial charge is 0.323 e. The molecule has 0 aromatic heterocycles. The van der Waals surface area contributed by atoms with Gasteiger partial charge in [0.15, 0.2) is 10.5 Å². The van der Waals surface area contributed by atoms with Crippen LogP contribution in [0.4, 0.5) is 0 Å². The normalized spacial score (nSPS) is 11.5. The second kappa shape index (κ2) is 5.50. The number of hydrogen-bond donors (Lipinski definition) is 0. The van der Waals surface area contributed by atoms with E-state index in [0.29, 0.717) is 0 Å². The Hall–Kier alpha value is -0.563. The molecule has 1 rings (SSSR count). The molecule has 0 unspecified atom stereocenters. The van der Waals surface area contributed by atoms with Gasteiger partial charge in [-0.3, -0.25) is 0 Å². The second-order valence-corrected chi connectivity index (χ2v) is 6.50. The van der Waals surface area contributed by atoms with Crippen LogP contribution in [0.15, 0.2) is 46.7 Å². The fourth-order valence-electron chi connectivity index (χ4n) is 0.954. The Kier molecular flexibility index (Phi) is 4.59. The van der Waals surface area contributed by atoms with Gasteiger partial charge in [-0.25, -0.2) is 0 Å². The molecule has 82 valence electrons. The summed E-state index contributed by atoms with van der Waals surface area (Å²) in [5.74, 6) is 0.809. The van der Waals surface area contributed by atoms with Crippen molar-refractivity contribution in [3.63, 3.8) is 0 Å². The summed E-state index contributed by atoms with van der Waals surface area (Å²) >= 11 is 1.60. The van der Waals surface area contributed by atoms with Crippen LogP contribution in [0.2, 0.25) is 0 Å². The Morgan fingerprint density at radius 3 is 2.47 bits per heavy atom. The van der Waals surface area contributed by atoms with Crippen molar-refractivity contribution in [2.24, 2.45) is 0 Å². The molecule has 0 N–H and O–H groups in total. The molecule has 0 fully saturated rings. The lowest BCUT2D eigenvalue weighted by atomic mass is 10.4. The SMILES string of the molecule is C=CCSc1ccc(S(=O)(=O)O[SiH3])cc1. The fourth-order valence-corrected chi connectivity index (χ4v) is 2.83. The molecule has 0 aliphatic carbocycles. The minimum absolute atomic E-state index is 0.176. The molecule has 0 saturated carbocycles. The standard InChI is InChI=1S/C9H12O3S2Si/c1-2-7-13-8-3-5-9(6-4-8)14(10,11)12-15/h2-6H,1,7H2,15H3. The highest BCUT2D eigenvalue weighted by atomic mass is 32.2. The number of thioether (sulfide) groups is 1. The predicted molar refractivity (Wildman–Crippen MR) is 65.6 cm³/mol. The van der Waals surface area contributed by atoms with Crippen LogP contribution in [0.1, 0.15) is 0 Å². The number of hydrogen-bond acceptors (Lipinski definition) is 4. The molecule has 1 aromatic rings. The fraction of sp³-hybridized carbons (Fsp3) is 0.111. The zero-order valence-electron chi connectivity index (χ0n) is 8.34. The first kappa shape index (κ1) is 12.5. The van der Waals surface area contributed by atoms with Crippen molar-refractivity contribution in [2.45, 2.75) is 9.79 Å². The summed E-state index contributed by atoms with van der Waals surface area (Å²) in [4.78, 5) is 1.22. The minimum atomic E-state index is -3.50. The lowest BCUT2D eigenvalue weighted by Crippen LogP contribution is -2.03. The van der Waals surface area contributed by atoms with Gasteiger partial charge in [0.25, 0.3) is 10.1 Å². The van der Waals surface area contributed by atoms with Gasteiger partial charge in [-0.1, -0.05) is 6.08 Å². The minimum Gasteiger partial charge on any atom is -0.323 e. The van der Waals surface area contributed by atoms with Crippen LogP contribution in [0.25, 0.3) is 0 Å². The van der Waals surface area contributed by atoms with E-state index in [9.17, 15) is 8.42 Å². The third kappa shape index (κ3) is 3.49. The molecule has 15 heavy (non-hydrogen) atoms. The van der Waals surface area contributed by atoms with Crippen LogP contribution in [0.3, 0.4) is 0 Å². The lowest BCUT2D eigenvalue weighted by Gasteiger charge is -2.03. The summed E-state index contributed by atoms with van der Waals surface area (Å²) in [6.45, 7) is 3.61. The van der Waals surface area contributed by atoms with Crippen molar-refractivity contribution in [3.8, 4) is 0 Å². The highest BCUT2D eigenvalue weighted by molar-refractivity contribution is 7.99. The maximum absolute atomic E-state index is 11.3. The van der Waals surface area contributed by atoms with Crippen LogP contribution < -0.4 is 0 Å². The molecule has 1 aromatic carbocycles. The van der Waals surface area contributed by atoms with E-state index < -0.39 is 10.1 Å². The Morgan fingerprint density at radius 1 is 1.40 bits per heavy atom. The zero-order valence-corrected chi connectivity index (χ0v) is 12.0. The van der Waals surface area contributed by atoms with Crippen LogP contribution in [0.5, 0.6) is 0 Å². The molecule has 0 amide bonds. The first-order valence-electron chi connectivity index (χ1n) is 4.24. The van der Waals surface area contributed by atoms with E-state index >= 15 is 0 Å². The van der Waals surface area contributed by atoms with Gasteiger partial charge in [-0.2, -0.15) is 8.42 Å². The Bertz CT molecular complexity index is 425. The van der Waals surface area contributed by atoms with Crippen LogP contribution >= 0.6 is 11.8 Å². The van der Waals surface area contributed by atoms with E-state index in [1.807, 2.05) is 0 Å². The maximum atomic E-state index is 11.3. The van der Waals surface area contributed by atoms with Crippen molar-refractivity contribution >= 4 is 32.4 Å². The highest BCUT2D eigenvalue weighted by Gasteiger charge is 2.11. The first-order valence-corrected chi connectivity index (χ1v) is 7.45. The van der Waals surface area contributed by atoms with Gasteiger partial charge in [-0.05, 0) is 24.3 Å². The molecule has 0 saturated heterocycles. The molecular weight excluding hydrogens is 248 g/mol. The smallest absolute Gasteiger partial charge is 0.286 e. The van der Waals surface area contributed by atoms with Crippen LogP contribution in [-0.2, 0) is 14.0 Å². The van der Waals surface area contributed by atoms with Gasteiger partial charge in [0.05, 0.1) is 4.90 Å². The van der Waals surface area contributed by atoms with E-state index in [0.717, 1.165) is 10.6 Å². The van der Waals surface area contributed by atoms with Crippen LogP contribution in [-0.4, -0.2) is 24.7 Å². The lowest BCUT2D eigenvalue weighted by molar-refractivity contribution is 0.507. The van der Waals surface area contributed by atoms with Gasteiger partial charge in [0.2, 0.25) is 0 Å². The number of rotatable bonds is 5. The molecule has 0 aliphatic rings. The second-order valence-electron chi connectivity index (χ2n) is 2.69. The Morgan fingerprint density at radius 2 is 2.00 bits per heavy atom.